The molecule has 1 aliphatic heterocycles. The van der Waals surface area contributed by atoms with E-state index in [-0.39, 0.29) is 5.91 Å². The summed E-state index contributed by atoms with van der Waals surface area (Å²) in [5.74, 6) is 0.111. The molecule has 1 aliphatic rings. The third-order valence-corrected chi connectivity index (χ3v) is 1.02. The smallest absolute Gasteiger partial charge is 0.246 e. The molecule has 0 aromatic rings. The number of likely N-dealkylation sites (N-methyl/N-ethyl adjacent to an activating group) is 1. The molecule has 0 atom stereocenters. The van der Waals surface area contributed by atoms with Crippen LogP contribution in [0, 0.1) is 0 Å². The van der Waals surface area contributed by atoms with Gasteiger partial charge in [-0.1, -0.05) is 33.8 Å². The molecule has 0 unspecified atom stereocenters. The first-order valence-electron chi connectivity index (χ1n) is 4.22. The first kappa shape index (κ1) is 12.8. The van der Waals surface area contributed by atoms with E-state index in [1.54, 1.807) is 18.0 Å². The Hall–Kier alpha value is -0.790. The van der Waals surface area contributed by atoms with Crippen molar-refractivity contribution in [2.24, 2.45) is 0 Å². The van der Waals surface area contributed by atoms with Crippen LogP contribution in [0.15, 0.2) is 12.2 Å². The van der Waals surface area contributed by atoms with E-state index in [2.05, 4.69) is 0 Å². The van der Waals surface area contributed by atoms with Gasteiger partial charge in [0.25, 0.3) is 0 Å². The van der Waals surface area contributed by atoms with Crippen molar-refractivity contribution < 1.29 is 4.79 Å². The van der Waals surface area contributed by atoms with E-state index in [1.165, 1.54) is 0 Å². The molecular formula is C9H19NO. The van der Waals surface area contributed by atoms with Crippen molar-refractivity contribution in [3.05, 3.63) is 12.2 Å². The van der Waals surface area contributed by atoms with Crippen molar-refractivity contribution in [1.29, 1.82) is 0 Å². The van der Waals surface area contributed by atoms with E-state index in [9.17, 15) is 4.79 Å². The maximum Gasteiger partial charge on any atom is 0.246 e. The van der Waals surface area contributed by atoms with Gasteiger partial charge in [0.1, 0.15) is 0 Å². The van der Waals surface area contributed by atoms with Crippen molar-refractivity contribution >= 4 is 5.91 Å². The van der Waals surface area contributed by atoms with Gasteiger partial charge >= 0.3 is 0 Å². The second-order valence-corrected chi connectivity index (χ2v) is 1.62. The molecule has 0 aromatic heterocycles. The van der Waals surface area contributed by atoms with Crippen LogP contribution in [0.1, 0.15) is 27.7 Å². The summed E-state index contributed by atoms with van der Waals surface area (Å²) in [5.41, 5.74) is 0. The Morgan fingerprint density at radius 1 is 1.27 bits per heavy atom. The van der Waals surface area contributed by atoms with Crippen LogP contribution in [-0.2, 0) is 4.79 Å². The van der Waals surface area contributed by atoms with E-state index in [4.69, 9.17) is 0 Å². The highest BCUT2D eigenvalue weighted by Crippen LogP contribution is 1.94. The molecule has 0 bridgehead atoms. The van der Waals surface area contributed by atoms with Crippen LogP contribution in [0.5, 0.6) is 0 Å². The highest BCUT2D eigenvalue weighted by Gasteiger charge is 2.06. The van der Waals surface area contributed by atoms with Crippen LogP contribution in [-0.4, -0.2) is 24.4 Å². The zero-order valence-corrected chi connectivity index (χ0v) is 8.22. The van der Waals surface area contributed by atoms with Gasteiger partial charge in [0.15, 0.2) is 0 Å². The molecule has 0 radical (unpaired) electrons. The minimum absolute atomic E-state index is 0.111. The van der Waals surface area contributed by atoms with E-state index in [1.807, 2.05) is 33.8 Å². The SMILES string of the molecule is CC.CC.CN1CC=CC1=O. The average Bonchev–Trinajstić information content (AvgIpc) is 2.44. The van der Waals surface area contributed by atoms with Gasteiger partial charge < -0.3 is 4.90 Å². The third-order valence-electron chi connectivity index (χ3n) is 1.02. The van der Waals surface area contributed by atoms with Gasteiger partial charge in [0.2, 0.25) is 5.91 Å². The summed E-state index contributed by atoms with van der Waals surface area (Å²) in [4.78, 5) is 12.1. The molecule has 66 valence electrons. The molecule has 0 N–H and O–H groups in total. The summed E-state index contributed by atoms with van der Waals surface area (Å²) in [6, 6.07) is 0. The summed E-state index contributed by atoms with van der Waals surface area (Å²) in [5, 5.41) is 0. The lowest BCUT2D eigenvalue weighted by Crippen LogP contribution is -2.18. The van der Waals surface area contributed by atoms with Crippen LogP contribution in [0.25, 0.3) is 0 Å². The van der Waals surface area contributed by atoms with Gasteiger partial charge in [-0.2, -0.15) is 0 Å². The number of carbonyl (C=O) groups excluding carboxylic acids is 1. The van der Waals surface area contributed by atoms with Gasteiger partial charge in [-0.15, -0.1) is 0 Å². The molecule has 0 fully saturated rings. The zero-order valence-electron chi connectivity index (χ0n) is 8.22. The zero-order chi connectivity index (χ0) is 9.28. The number of hydrogen-bond acceptors (Lipinski definition) is 1. The van der Waals surface area contributed by atoms with Crippen LogP contribution in [0.3, 0.4) is 0 Å². The Morgan fingerprint density at radius 3 is 1.82 bits per heavy atom. The summed E-state index contributed by atoms with van der Waals surface area (Å²) in [6.45, 7) is 8.78. The summed E-state index contributed by atoms with van der Waals surface area (Å²) in [7, 11) is 1.78. The summed E-state index contributed by atoms with van der Waals surface area (Å²) < 4.78 is 0. The Morgan fingerprint density at radius 2 is 1.73 bits per heavy atom. The van der Waals surface area contributed by atoms with Crippen molar-refractivity contribution in [2.45, 2.75) is 27.7 Å². The lowest BCUT2D eigenvalue weighted by atomic mass is 10.6. The molecule has 1 rings (SSSR count). The van der Waals surface area contributed by atoms with E-state index in [0.717, 1.165) is 6.54 Å². The van der Waals surface area contributed by atoms with Crippen LogP contribution in [0.2, 0.25) is 0 Å². The Bertz CT molecular complexity index is 119. The van der Waals surface area contributed by atoms with Gasteiger partial charge in [-0.25, -0.2) is 0 Å². The quantitative estimate of drug-likeness (QED) is 0.527. The largest absolute Gasteiger partial charge is 0.338 e. The standard InChI is InChI=1S/C5H7NO.2C2H6/c1-6-4-2-3-5(6)7;2*1-2/h2-3H,4H2,1H3;2*1-2H3. The predicted molar refractivity (Wildman–Crippen MR) is 49.5 cm³/mol. The molecule has 0 aromatic carbocycles. The second-order valence-electron chi connectivity index (χ2n) is 1.62. The maximum absolute atomic E-state index is 10.4. The third kappa shape index (κ3) is 5.64. The normalized spacial score (nSPS) is 13.2. The van der Waals surface area contributed by atoms with Gasteiger partial charge in [0, 0.05) is 19.7 Å². The average molecular weight is 157 g/mol. The van der Waals surface area contributed by atoms with Gasteiger partial charge in [0.05, 0.1) is 0 Å². The molecule has 1 amide bonds. The van der Waals surface area contributed by atoms with Crippen LogP contribution in [0.4, 0.5) is 0 Å². The minimum Gasteiger partial charge on any atom is -0.338 e. The molecule has 0 spiro atoms. The van der Waals surface area contributed by atoms with Crippen molar-refractivity contribution in [1.82, 2.24) is 4.90 Å². The van der Waals surface area contributed by atoms with Gasteiger partial charge in [-0.3, -0.25) is 4.79 Å². The van der Waals surface area contributed by atoms with Crippen LogP contribution >= 0.6 is 0 Å². The Balaban J connectivity index is 0. The maximum atomic E-state index is 10.4. The van der Waals surface area contributed by atoms with Crippen molar-refractivity contribution in [3.63, 3.8) is 0 Å². The fourth-order valence-electron chi connectivity index (χ4n) is 0.529. The molecule has 1 heterocycles. The molecule has 0 aliphatic carbocycles. The summed E-state index contributed by atoms with van der Waals surface area (Å²) in [6.07, 6.45) is 3.43. The number of nitrogens with zero attached hydrogens (tertiary/aromatic N) is 1. The highest BCUT2D eigenvalue weighted by molar-refractivity contribution is 5.89. The minimum atomic E-state index is 0.111. The topological polar surface area (TPSA) is 20.3 Å². The Kier molecular flexibility index (Phi) is 10.8. The first-order chi connectivity index (χ1) is 5.30. The van der Waals surface area contributed by atoms with Gasteiger partial charge in [-0.05, 0) is 0 Å². The van der Waals surface area contributed by atoms with E-state index in [0.29, 0.717) is 0 Å². The Labute approximate surface area is 69.9 Å². The number of rotatable bonds is 0. The predicted octanol–water partition coefficient (Wildman–Crippen LogP) is 2.07. The molecular weight excluding hydrogens is 138 g/mol. The highest BCUT2D eigenvalue weighted by atomic mass is 16.2. The molecule has 11 heavy (non-hydrogen) atoms. The number of amides is 1. The molecule has 0 saturated carbocycles. The number of hydrogen-bond donors (Lipinski definition) is 0. The fraction of sp³-hybridized carbons (Fsp3) is 0.667. The molecule has 2 nitrogen and oxygen atoms in total. The van der Waals surface area contributed by atoms with E-state index >= 15 is 0 Å². The summed E-state index contributed by atoms with van der Waals surface area (Å²) >= 11 is 0. The van der Waals surface area contributed by atoms with E-state index < -0.39 is 0 Å². The fourth-order valence-corrected chi connectivity index (χ4v) is 0.529. The van der Waals surface area contributed by atoms with Crippen molar-refractivity contribution in [2.75, 3.05) is 13.6 Å². The monoisotopic (exact) mass is 157 g/mol. The number of carbonyl (C=O) groups is 1. The van der Waals surface area contributed by atoms with Crippen LogP contribution < -0.4 is 0 Å². The first-order valence-corrected chi connectivity index (χ1v) is 4.22. The van der Waals surface area contributed by atoms with Crippen molar-refractivity contribution in [3.8, 4) is 0 Å². The molecule has 0 saturated heterocycles. The molecule has 2 heteroatoms. The second kappa shape index (κ2) is 9.21. The lowest BCUT2D eigenvalue weighted by molar-refractivity contribution is -0.123. The lowest BCUT2D eigenvalue weighted by Gasteiger charge is -2.03.